The molecular weight excluding hydrogens is 266 g/mol. The van der Waals surface area contributed by atoms with Crippen LogP contribution in [0.2, 0.25) is 0 Å². The number of benzene rings is 2. The fourth-order valence-corrected chi connectivity index (χ4v) is 2.34. The Bertz CT molecular complexity index is 725. The molecule has 1 aliphatic heterocycles. The van der Waals surface area contributed by atoms with Gasteiger partial charge in [0.25, 0.3) is 0 Å². The van der Waals surface area contributed by atoms with Gasteiger partial charge in [-0.3, -0.25) is 0 Å². The minimum absolute atomic E-state index is 0.847. The van der Waals surface area contributed by atoms with Gasteiger partial charge >= 0.3 is 0 Å². The molecule has 0 bridgehead atoms. The summed E-state index contributed by atoms with van der Waals surface area (Å²) in [5, 5.41) is 0. The van der Waals surface area contributed by atoms with Crippen LogP contribution in [0.15, 0.2) is 48.5 Å². The maximum absolute atomic E-state index is 4.78. The third-order valence-electron chi connectivity index (χ3n) is 3.54. The highest BCUT2D eigenvalue weighted by Crippen LogP contribution is 2.24. The van der Waals surface area contributed by atoms with Crippen molar-refractivity contribution in [2.24, 2.45) is 0 Å². The lowest BCUT2D eigenvalue weighted by Crippen LogP contribution is -2.24. The zero-order chi connectivity index (χ0) is 15.8. The van der Waals surface area contributed by atoms with Gasteiger partial charge in [-0.2, -0.15) is 0 Å². The Labute approximate surface area is 134 Å². The van der Waals surface area contributed by atoms with Gasteiger partial charge in [0.15, 0.2) is 0 Å². The molecule has 1 aliphatic rings. The molecule has 1 heterocycles. The van der Waals surface area contributed by atoms with E-state index in [2.05, 4.69) is 78.1 Å². The van der Waals surface area contributed by atoms with Crippen molar-refractivity contribution in [2.75, 3.05) is 11.4 Å². The Morgan fingerprint density at radius 1 is 1.00 bits per heavy atom. The van der Waals surface area contributed by atoms with Crippen molar-refractivity contribution in [1.29, 1.82) is 0 Å². The Balaban J connectivity index is 0.000000396. The van der Waals surface area contributed by atoms with Crippen LogP contribution in [0.3, 0.4) is 0 Å². The molecular formula is C21H21N. The van der Waals surface area contributed by atoms with Crippen molar-refractivity contribution in [3.05, 3.63) is 65.2 Å². The largest absolute Gasteiger partial charge is 0.366 e. The summed E-state index contributed by atoms with van der Waals surface area (Å²) in [6.45, 7) is 6.06. The second-order valence-corrected chi connectivity index (χ2v) is 5.00. The Morgan fingerprint density at radius 2 is 1.59 bits per heavy atom. The highest BCUT2D eigenvalue weighted by Gasteiger charge is 2.12. The molecule has 0 radical (unpaired) electrons. The maximum atomic E-state index is 4.78. The fourth-order valence-electron chi connectivity index (χ4n) is 2.34. The number of hydrogen-bond acceptors (Lipinski definition) is 1. The highest BCUT2D eigenvalue weighted by molar-refractivity contribution is 5.64. The van der Waals surface area contributed by atoms with Gasteiger partial charge < -0.3 is 4.90 Å². The van der Waals surface area contributed by atoms with Crippen LogP contribution in [-0.2, 0) is 6.54 Å². The summed E-state index contributed by atoms with van der Waals surface area (Å²) >= 11 is 0. The lowest BCUT2D eigenvalue weighted by molar-refractivity contribution is 0.828. The number of hydrogen-bond donors (Lipinski definition) is 0. The van der Waals surface area contributed by atoms with Gasteiger partial charge in [0.2, 0.25) is 0 Å². The Kier molecular flexibility index (Phi) is 5.70. The first kappa shape index (κ1) is 15.7. The monoisotopic (exact) mass is 287 g/mol. The molecule has 0 N–H and O–H groups in total. The number of fused-ring (bicyclic) bond motifs is 2. The molecule has 0 atom stereocenters. The average molecular weight is 287 g/mol. The first-order valence-corrected chi connectivity index (χ1v) is 7.67. The molecule has 0 aromatic heterocycles. The maximum Gasteiger partial charge on any atom is 0.0528 e. The van der Waals surface area contributed by atoms with Crippen LogP contribution < -0.4 is 4.90 Å². The van der Waals surface area contributed by atoms with Crippen LogP contribution in [0, 0.1) is 24.2 Å². The van der Waals surface area contributed by atoms with Gasteiger partial charge in [0.1, 0.15) is 0 Å². The van der Waals surface area contributed by atoms with Gasteiger partial charge in [0.05, 0.1) is 5.69 Å². The van der Waals surface area contributed by atoms with Crippen LogP contribution in [0.25, 0.3) is 0 Å². The van der Waals surface area contributed by atoms with E-state index in [0.717, 1.165) is 30.6 Å². The van der Waals surface area contributed by atoms with Crippen molar-refractivity contribution in [1.82, 2.24) is 0 Å². The molecule has 110 valence electrons. The zero-order valence-electron chi connectivity index (χ0n) is 13.3. The summed E-state index contributed by atoms with van der Waals surface area (Å²) in [4.78, 5) is 2.38. The summed E-state index contributed by atoms with van der Waals surface area (Å²) in [5.41, 5.74) is 4.81. The smallest absolute Gasteiger partial charge is 0.0528 e. The van der Waals surface area contributed by atoms with Gasteiger partial charge in [-0.15, -0.1) is 12.3 Å². The van der Waals surface area contributed by atoms with E-state index in [4.69, 9.17) is 6.42 Å². The molecule has 0 unspecified atom stereocenters. The molecule has 0 saturated heterocycles. The average Bonchev–Trinajstić information content (AvgIpc) is 2.57. The fraction of sp³-hybridized carbons (Fsp3) is 0.238. The van der Waals surface area contributed by atoms with Gasteiger partial charge in [-0.05, 0) is 30.7 Å². The molecule has 0 saturated carbocycles. The molecule has 0 aliphatic carbocycles. The van der Waals surface area contributed by atoms with E-state index >= 15 is 0 Å². The van der Waals surface area contributed by atoms with Crippen molar-refractivity contribution in [2.45, 2.75) is 26.8 Å². The van der Waals surface area contributed by atoms with E-state index in [9.17, 15) is 0 Å². The number of terminal acetylenes is 1. The second-order valence-electron chi connectivity index (χ2n) is 5.00. The van der Waals surface area contributed by atoms with E-state index < -0.39 is 0 Å². The zero-order valence-corrected chi connectivity index (χ0v) is 13.3. The second kappa shape index (κ2) is 7.96. The number of anilines is 1. The van der Waals surface area contributed by atoms with Crippen LogP contribution in [0.1, 0.15) is 37.0 Å². The van der Waals surface area contributed by atoms with Crippen LogP contribution in [0.4, 0.5) is 5.69 Å². The summed E-state index contributed by atoms with van der Waals surface area (Å²) in [7, 11) is 0. The minimum atomic E-state index is 0.847. The van der Waals surface area contributed by atoms with Crippen molar-refractivity contribution in [3.63, 3.8) is 0 Å². The molecule has 3 rings (SSSR count). The topological polar surface area (TPSA) is 3.24 Å². The summed E-state index contributed by atoms with van der Waals surface area (Å²) in [6, 6.07) is 16.8. The molecule has 1 heteroatoms. The third-order valence-corrected chi connectivity index (χ3v) is 3.54. The Morgan fingerprint density at radius 3 is 2.27 bits per heavy atom. The predicted octanol–water partition coefficient (Wildman–Crippen LogP) is 4.46. The molecule has 2 aromatic carbocycles. The molecule has 2 aromatic rings. The summed E-state index contributed by atoms with van der Waals surface area (Å²) in [5.74, 6) is 9.01. The van der Waals surface area contributed by atoms with Crippen molar-refractivity contribution < 1.29 is 0 Å². The van der Waals surface area contributed by atoms with E-state index in [1.165, 1.54) is 11.3 Å². The lowest BCUT2D eigenvalue weighted by Gasteiger charge is -2.26. The molecule has 1 nitrogen and oxygen atoms in total. The number of rotatable bonds is 1. The quantitative estimate of drug-likeness (QED) is 0.700. The van der Waals surface area contributed by atoms with Gasteiger partial charge in [-0.25, -0.2) is 0 Å². The van der Waals surface area contributed by atoms with Crippen molar-refractivity contribution in [3.8, 4) is 24.2 Å². The first-order chi connectivity index (χ1) is 10.8. The number of nitrogens with zero attached hydrogens (tertiary/aromatic N) is 1. The first-order valence-electron chi connectivity index (χ1n) is 7.67. The van der Waals surface area contributed by atoms with Gasteiger partial charge in [0, 0.05) is 30.6 Å². The Hall–Kier alpha value is -2.64. The van der Waals surface area contributed by atoms with Crippen LogP contribution >= 0.6 is 0 Å². The van der Waals surface area contributed by atoms with E-state index in [1.54, 1.807) is 0 Å². The predicted molar refractivity (Wildman–Crippen MR) is 94.7 cm³/mol. The number of para-hydroxylation sites is 1. The van der Waals surface area contributed by atoms with E-state index in [0.29, 0.717) is 0 Å². The highest BCUT2D eigenvalue weighted by atomic mass is 15.1. The molecule has 0 amide bonds. The third kappa shape index (κ3) is 3.72. The standard InChI is InChI=1S/C17H15N.C4H6/c1-2-18-13-16-9-4-3-7-14(16)11-12-15-8-5-6-10-17(15)18;1-3-4-2/h3-10H,2,13H2,1H3;1H,4H2,2H3. The SMILES string of the molecule is C#CCC.CCN1Cc2ccccc2C#Cc2ccccc21. The summed E-state index contributed by atoms with van der Waals surface area (Å²) < 4.78 is 0. The van der Waals surface area contributed by atoms with E-state index in [1.807, 2.05) is 6.92 Å². The lowest BCUT2D eigenvalue weighted by atomic mass is 10.0. The normalized spacial score (nSPS) is 11.2. The van der Waals surface area contributed by atoms with Gasteiger partial charge in [-0.1, -0.05) is 49.1 Å². The van der Waals surface area contributed by atoms with Crippen LogP contribution in [-0.4, -0.2) is 6.54 Å². The van der Waals surface area contributed by atoms with Crippen molar-refractivity contribution >= 4 is 5.69 Å². The van der Waals surface area contributed by atoms with E-state index in [-0.39, 0.29) is 0 Å². The molecule has 0 fully saturated rings. The summed E-state index contributed by atoms with van der Waals surface area (Å²) in [6.07, 6.45) is 5.62. The molecule has 0 spiro atoms. The van der Waals surface area contributed by atoms with Crippen LogP contribution in [0.5, 0.6) is 0 Å². The molecule has 22 heavy (non-hydrogen) atoms. The minimum Gasteiger partial charge on any atom is -0.366 e.